The molecule has 2 aromatic carbocycles. The van der Waals surface area contributed by atoms with E-state index in [0.29, 0.717) is 68.1 Å². The fourth-order valence-electron chi connectivity index (χ4n) is 4.72. The number of benzene rings is 2. The zero-order valence-corrected chi connectivity index (χ0v) is 25.8. The molecule has 3 aromatic rings. The van der Waals surface area contributed by atoms with E-state index in [1.54, 1.807) is 19.1 Å². The summed E-state index contributed by atoms with van der Waals surface area (Å²) in [5.41, 5.74) is 0.944. The Morgan fingerprint density at radius 1 is 0.976 bits per heavy atom. The van der Waals surface area contributed by atoms with E-state index in [1.807, 2.05) is 37.3 Å². The summed E-state index contributed by atoms with van der Waals surface area (Å²) in [7, 11) is -0.836. The average Bonchev–Trinajstić information content (AvgIpc) is 3.41. The molecule has 1 fully saturated rings. The normalized spacial score (nSPS) is 14.2. The first-order valence-electron chi connectivity index (χ1n) is 13.8. The number of ether oxygens (including phenoxy) is 3. The van der Waals surface area contributed by atoms with Crippen molar-refractivity contribution in [1.82, 2.24) is 14.1 Å². The molecule has 0 bridgehead atoms. The fraction of sp³-hybridized carbons (Fsp3) is 0.433. The maximum absolute atomic E-state index is 13.9. The first-order valence-corrected chi connectivity index (χ1v) is 15.6. The van der Waals surface area contributed by atoms with E-state index in [1.165, 1.54) is 28.6 Å². The van der Waals surface area contributed by atoms with Gasteiger partial charge in [-0.05, 0) is 67.4 Å². The van der Waals surface area contributed by atoms with Gasteiger partial charge in [0, 0.05) is 37.7 Å². The van der Waals surface area contributed by atoms with Crippen LogP contribution in [0.15, 0.2) is 63.9 Å². The van der Waals surface area contributed by atoms with Gasteiger partial charge < -0.3 is 23.5 Å². The smallest absolute Gasteiger partial charge is 0.243 e. The van der Waals surface area contributed by atoms with Gasteiger partial charge in [-0.2, -0.15) is 4.31 Å². The van der Waals surface area contributed by atoms with E-state index in [9.17, 15) is 13.2 Å². The minimum Gasteiger partial charge on any atom is -0.493 e. The van der Waals surface area contributed by atoms with E-state index < -0.39 is 10.0 Å². The van der Waals surface area contributed by atoms with E-state index in [0.717, 1.165) is 11.3 Å². The lowest BCUT2D eigenvalue weighted by atomic mass is 10.1. The third kappa shape index (κ3) is 8.48. The largest absolute Gasteiger partial charge is 0.493 e. The van der Waals surface area contributed by atoms with Crippen LogP contribution in [-0.2, 0) is 32.5 Å². The van der Waals surface area contributed by atoms with Gasteiger partial charge in [-0.25, -0.2) is 8.42 Å². The zero-order valence-electron chi connectivity index (χ0n) is 24.3. The van der Waals surface area contributed by atoms with Gasteiger partial charge in [-0.15, -0.1) is 0 Å². The highest BCUT2D eigenvalue weighted by Gasteiger charge is 2.29. The quantitative estimate of drug-likeness (QED) is 0.268. The number of hydrogen-bond acceptors (Lipinski definition) is 8. The monoisotopic (exact) mass is 619 g/mol. The van der Waals surface area contributed by atoms with Crippen molar-refractivity contribution in [3.63, 3.8) is 0 Å². The number of aryl methyl sites for hydroxylation is 1. The lowest BCUT2D eigenvalue weighted by Crippen LogP contribution is -2.47. The molecule has 12 heteroatoms. The number of halogens is 1. The zero-order chi connectivity index (χ0) is 30.1. The van der Waals surface area contributed by atoms with Crippen LogP contribution in [0.4, 0.5) is 0 Å². The molecule has 1 amide bonds. The third-order valence-electron chi connectivity index (χ3n) is 7.15. The first-order chi connectivity index (χ1) is 20.2. The van der Waals surface area contributed by atoms with Crippen LogP contribution in [-0.4, -0.2) is 95.1 Å². The van der Waals surface area contributed by atoms with Crippen molar-refractivity contribution in [3.8, 4) is 11.5 Å². The van der Waals surface area contributed by atoms with Crippen LogP contribution in [0.25, 0.3) is 0 Å². The summed E-state index contributed by atoms with van der Waals surface area (Å²) in [6.07, 6.45) is 0.517. The Bertz CT molecular complexity index is 1420. The van der Waals surface area contributed by atoms with Gasteiger partial charge in [0.05, 0.1) is 45.4 Å². The summed E-state index contributed by atoms with van der Waals surface area (Å²) in [6.45, 7) is 5.30. The molecule has 1 aromatic heterocycles. The molecule has 0 saturated carbocycles. The molecule has 0 spiro atoms. The number of carbonyl (C=O) groups is 1. The number of hydrogen-bond donors (Lipinski definition) is 0. The Morgan fingerprint density at radius 2 is 1.69 bits per heavy atom. The second-order valence-electron chi connectivity index (χ2n) is 10.0. The van der Waals surface area contributed by atoms with Crippen LogP contribution in [0.1, 0.15) is 17.1 Å². The predicted molar refractivity (Wildman–Crippen MR) is 160 cm³/mol. The molecule has 0 unspecified atom stereocenters. The van der Waals surface area contributed by atoms with Crippen molar-refractivity contribution in [2.75, 3.05) is 66.7 Å². The highest BCUT2D eigenvalue weighted by Crippen LogP contribution is 2.28. The summed E-state index contributed by atoms with van der Waals surface area (Å²) in [6, 6.07) is 15.3. The molecule has 0 aliphatic carbocycles. The number of nitrogens with zero attached hydrogens (tertiary/aromatic N) is 3. The molecule has 1 aliphatic rings. The summed E-state index contributed by atoms with van der Waals surface area (Å²) >= 11 is 6.02. The number of furan rings is 1. The van der Waals surface area contributed by atoms with Crippen molar-refractivity contribution >= 4 is 27.5 Å². The standard InChI is InChI=1S/C30H38ClN3O7S/c1-23-4-8-26(41-23)21-33(13-12-24-5-11-28(38-2)29(20-24)39-3)30(35)22-34(15-14-32-16-18-40-19-17-32)42(36,37)27-9-6-25(31)7-10-27/h4-11,20H,12-19,21-22H2,1-3H3. The number of methoxy groups -OCH3 is 2. The summed E-state index contributed by atoms with van der Waals surface area (Å²) in [5, 5.41) is 0.431. The van der Waals surface area contributed by atoms with Crippen LogP contribution >= 0.6 is 11.6 Å². The van der Waals surface area contributed by atoms with Gasteiger partial charge in [0.2, 0.25) is 15.9 Å². The maximum Gasteiger partial charge on any atom is 0.243 e. The van der Waals surface area contributed by atoms with Crippen LogP contribution < -0.4 is 9.47 Å². The Morgan fingerprint density at radius 3 is 2.33 bits per heavy atom. The molecular formula is C30H38ClN3O7S. The molecule has 42 heavy (non-hydrogen) atoms. The molecule has 0 N–H and O–H groups in total. The molecule has 228 valence electrons. The van der Waals surface area contributed by atoms with Crippen molar-refractivity contribution in [2.45, 2.75) is 24.8 Å². The number of sulfonamides is 1. The second-order valence-corrected chi connectivity index (χ2v) is 12.4. The summed E-state index contributed by atoms with van der Waals surface area (Å²) < 4.78 is 50.8. The van der Waals surface area contributed by atoms with Gasteiger partial charge in [0.25, 0.3) is 0 Å². The van der Waals surface area contributed by atoms with Crippen LogP contribution in [0.3, 0.4) is 0 Å². The second kappa shape index (κ2) is 14.9. The van der Waals surface area contributed by atoms with Gasteiger partial charge in [0.15, 0.2) is 11.5 Å². The van der Waals surface area contributed by atoms with Gasteiger partial charge in [-0.1, -0.05) is 17.7 Å². The van der Waals surface area contributed by atoms with Crippen molar-refractivity contribution < 1.29 is 31.8 Å². The molecule has 0 atom stereocenters. The molecule has 10 nitrogen and oxygen atoms in total. The highest BCUT2D eigenvalue weighted by molar-refractivity contribution is 7.89. The van der Waals surface area contributed by atoms with Gasteiger partial charge in [0.1, 0.15) is 11.5 Å². The minimum absolute atomic E-state index is 0.0835. The van der Waals surface area contributed by atoms with E-state index >= 15 is 0 Å². The van der Waals surface area contributed by atoms with Crippen LogP contribution in [0.5, 0.6) is 11.5 Å². The molecule has 4 rings (SSSR count). The first kappa shape index (κ1) is 31.8. The fourth-order valence-corrected chi connectivity index (χ4v) is 6.23. The van der Waals surface area contributed by atoms with Gasteiger partial charge in [-0.3, -0.25) is 9.69 Å². The van der Waals surface area contributed by atoms with Crippen molar-refractivity contribution in [2.24, 2.45) is 0 Å². The molecular weight excluding hydrogens is 582 g/mol. The van der Waals surface area contributed by atoms with Crippen molar-refractivity contribution in [3.05, 3.63) is 76.7 Å². The molecule has 0 radical (unpaired) electrons. The maximum atomic E-state index is 13.9. The molecule has 1 saturated heterocycles. The molecule has 2 heterocycles. The van der Waals surface area contributed by atoms with Crippen LogP contribution in [0.2, 0.25) is 5.02 Å². The number of rotatable bonds is 14. The third-order valence-corrected chi connectivity index (χ3v) is 9.26. The Hall–Kier alpha value is -3.09. The Balaban J connectivity index is 1.56. The minimum atomic E-state index is -3.98. The van der Waals surface area contributed by atoms with E-state index in [2.05, 4.69) is 4.90 Å². The van der Waals surface area contributed by atoms with Crippen molar-refractivity contribution in [1.29, 1.82) is 0 Å². The topological polar surface area (TPSA) is 102 Å². The Kier molecular flexibility index (Phi) is 11.3. The highest BCUT2D eigenvalue weighted by atomic mass is 35.5. The van der Waals surface area contributed by atoms with E-state index in [4.69, 9.17) is 30.2 Å². The van der Waals surface area contributed by atoms with E-state index in [-0.39, 0.29) is 30.4 Å². The number of morpholine rings is 1. The average molecular weight is 620 g/mol. The number of amides is 1. The SMILES string of the molecule is COc1ccc(CCN(Cc2ccc(C)o2)C(=O)CN(CCN2CCOCC2)S(=O)(=O)c2ccc(Cl)cc2)cc1OC. The summed E-state index contributed by atoms with van der Waals surface area (Å²) in [5.74, 6) is 2.23. The molecule has 1 aliphatic heterocycles. The lowest BCUT2D eigenvalue weighted by Gasteiger charge is -2.31. The predicted octanol–water partition coefficient (Wildman–Crippen LogP) is 3.85. The van der Waals surface area contributed by atoms with Crippen LogP contribution in [0, 0.1) is 6.92 Å². The Labute approximate surface area is 252 Å². The van der Waals surface area contributed by atoms with Gasteiger partial charge >= 0.3 is 0 Å². The number of carbonyl (C=O) groups excluding carboxylic acids is 1. The lowest BCUT2D eigenvalue weighted by molar-refractivity contribution is -0.132. The summed E-state index contributed by atoms with van der Waals surface area (Å²) in [4.78, 5) is 17.7.